The van der Waals surface area contributed by atoms with Crippen LogP contribution in [0.25, 0.3) is 38.8 Å². The van der Waals surface area contributed by atoms with Gasteiger partial charge in [-0.1, -0.05) is 151 Å². The number of hydrogen-bond donors (Lipinski definition) is 0. The number of anilines is 2. The maximum Gasteiger partial charge on any atom is 0.135 e. The maximum absolute atomic E-state index is 6.74. The molecule has 0 aliphatic carbocycles. The van der Waals surface area contributed by atoms with E-state index in [1.807, 2.05) is 18.3 Å². The number of rotatable bonds is 8. The Hall–Kier alpha value is -5.90. The van der Waals surface area contributed by atoms with E-state index in [2.05, 4.69) is 228 Å². The molecule has 2 aromatic heterocycles. The third kappa shape index (κ3) is 8.17. The van der Waals surface area contributed by atoms with Crippen LogP contribution in [-0.2, 0) is 37.3 Å². The Kier molecular flexibility index (Phi) is 11.1. The van der Waals surface area contributed by atoms with Crippen molar-refractivity contribution in [2.45, 2.75) is 71.6 Å². The molecule has 0 fully saturated rings. The van der Waals surface area contributed by atoms with E-state index in [0.717, 1.165) is 33.6 Å². The zero-order valence-corrected chi connectivity index (χ0v) is 38.4. The van der Waals surface area contributed by atoms with Gasteiger partial charge in [0.1, 0.15) is 5.82 Å². The molecular weight excluding hydrogens is 928 g/mol. The number of para-hydroxylation sites is 1. The Morgan fingerprint density at radius 1 is 0.574 bits per heavy atom. The Morgan fingerprint density at radius 2 is 1.28 bits per heavy atom. The molecule has 1 aliphatic rings. The minimum atomic E-state index is -0.211. The first-order valence-corrected chi connectivity index (χ1v) is 20.8. The second kappa shape index (κ2) is 16.2. The van der Waals surface area contributed by atoms with Crippen LogP contribution in [0.15, 0.2) is 158 Å². The molecule has 1 aliphatic heterocycles. The quantitative estimate of drug-likeness (QED) is 0.142. The number of ether oxygens (including phenoxy) is 1. The van der Waals surface area contributed by atoms with Crippen LogP contribution >= 0.6 is 0 Å². The smallest absolute Gasteiger partial charge is 0.135 e. The second-order valence-electron chi connectivity index (χ2n) is 18.4. The van der Waals surface area contributed by atoms with Crippen molar-refractivity contribution < 1.29 is 25.8 Å². The van der Waals surface area contributed by atoms with Gasteiger partial charge in [0.05, 0.1) is 0 Å². The molecule has 61 heavy (non-hydrogen) atoms. The van der Waals surface area contributed by atoms with Crippen LogP contribution < -0.4 is 14.5 Å². The maximum atomic E-state index is 6.74. The van der Waals surface area contributed by atoms with Crippen molar-refractivity contribution in [3.05, 3.63) is 199 Å². The molecular formula is C55H51N4OPt-3. The van der Waals surface area contributed by atoms with Gasteiger partial charge >= 0.3 is 0 Å². The Balaban J connectivity index is 0.00000514. The van der Waals surface area contributed by atoms with E-state index < -0.39 is 0 Å². The van der Waals surface area contributed by atoms with Crippen LogP contribution in [0.5, 0.6) is 11.5 Å². The number of pyridine rings is 1. The molecule has 0 radical (unpaired) electrons. The normalized spacial score (nSPS) is 13.2. The second-order valence-corrected chi connectivity index (χ2v) is 18.4. The van der Waals surface area contributed by atoms with Crippen molar-refractivity contribution in [1.82, 2.24) is 9.55 Å². The zero-order chi connectivity index (χ0) is 41.8. The number of benzene rings is 6. The van der Waals surface area contributed by atoms with Crippen LogP contribution in [0.2, 0.25) is 0 Å². The van der Waals surface area contributed by atoms with Gasteiger partial charge in [-0.3, -0.25) is 0 Å². The number of fused-ring (bicyclic) bond motifs is 3. The number of aromatic nitrogens is 2. The minimum Gasteiger partial charge on any atom is -0.509 e. The van der Waals surface area contributed by atoms with Crippen molar-refractivity contribution in [2.24, 2.45) is 0 Å². The van der Waals surface area contributed by atoms with Crippen molar-refractivity contribution >= 4 is 33.2 Å². The van der Waals surface area contributed by atoms with E-state index in [4.69, 9.17) is 9.72 Å². The van der Waals surface area contributed by atoms with Crippen LogP contribution in [0.3, 0.4) is 0 Å². The first-order chi connectivity index (χ1) is 28.7. The monoisotopic (exact) mass is 978 g/mol. The summed E-state index contributed by atoms with van der Waals surface area (Å²) >= 11 is 0. The number of nitrogens with zero attached hydrogens (tertiary/aromatic N) is 4. The Labute approximate surface area is 375 Å². The predicted molar refractivity (Wildman–Crippen MR) is 249 cm³/mol. The standard InChI is InChI=1S/C55H51N4O.Pt/c1-53(2,3)41-26-27-56-51(33-41)59-49-25-16-15-24-47(49)52-48(54(4,5)6)35-46(36-50(52)59)60-45-23-17-22-43(34-45)57-28-29-58(37-57)44-31-39(38-18-11-9-12-19-38)30-42(32-44)55(7,8)40-20-13-10-14-21-40;/h9-33,35,37H,1-8H3;/q-3;. The molecule has 310 valence electrons. The molecule has 0 amide bonds. The Bertz CT molecular complexity index is 2880. The molecule has 9 rings (SSSR count). The van der Waals surface area contributed by atoms with Gasteiger partial charge in [0.25, 0.3) is 0 Å². The fraction of sp³-hybridized carbons (Fsp3) is 0.200. The summed E-state index contributed by atoms with van der Waals surface area (Å²) in [6.07, 6.45) is 6.08. The third-order valence-corrected chi connectivity index (χ3v) is 11.7. The van der Waals surface area contributed by atoms with Crippen LogP contribution in [0, 0.1) is 18.8 Å². The summed E-state index contributed by atoms with van der Waals surface area (Å²) in [4.78, 5) is 9.18. The SMILES string of the molecule is CC(C)(C)c1ccnc(-n2c3[c-]c(Oc4[c-]c(N5C=CN(c6cc(-c7ccccc7)cc(C(C)(C)c7ccccc7)c6)[CH-]5)ccc4)cc(C(C)(C)C)c3c3ccccc32)c1.[Pt]. The molecule has 0 spiro atoms. The first-order valence-electron chi connectivity index (χ1n) is 20.8. The molecule has 0 atom stereocenters. The van der Waals surface area contributed by atoms with Gasteiger partial charge in [-0.25, -0.2) is 4.98 Å². The predicted octanol–water partition coefficient (Wildman–Crippen LogP) is 14.1. The van der Waals surface area contributed by atoms with E-state index in [-0.39, 0.29) is 37.3 Å². The molecule has 0 bridgehead atoms. The number of hydrogen-bond acceptors (Lipinski definition) is 4. The summed E-state index contributed by atoms with van der Waals surface area (Å²) in [7, 11) is 0. The fourth-order valence-electron chi connectivity index (χ4n) is 8.23. The molecule has 6 aromatic carbocycles. The summed E-state index contributed by atoms with van der Waals surface area (Å²) in [6, 6.07) is 56.6. The molecule has 0 unspecified atom stereocenters. The van der Waals surface area contributed by atoms with Gasteiger partial charge in [0.2, 0.25) is 0 Å². The van der Waals surface area contributed by atoms with Gasteiger partial charge in [-0.05, 0) is 86.8 Å². The summed E-state index contributed by atoms with van der Waals surface area (Å²) in [5.41, 5.74) is 10.8. The average molecular weight is 979 g/mol. The summed E-state index contributed by atoms with van der Waals surface area (Å²) in [6.45, 7) is 20.2. The van der Waals surface area contributed by atoms with E-state index in [0.29, 0.717) is 11.5 Å². The van der Waals surface area contributed by atoms with Gasteiger partial charge in [-0.2, -0.15) is 6.07 Å². The van der Waals surface area contributed by atoms with Gasteiger partial charge in [0, 0.05) is 55.4 Å². The van der Waals surface area contributed by atoms with Crippen LogP contribution in [0.4, 0.5) is 11.4 Å². The summed E-state index contributed by atoms with van der Waals surface area (Å²) in [5.74, 6) is 2.10. The molecule has 0 saturated carbocycles. The fourth-order valence-corrected chi connectivity index (χ4v) is 8.23. The van der Waals surface area contributed by atoms with E-state index >= 15 is 0 Å². The summed E-state index contributed by atoms with van der Waals surface area (Å²) in [5, 5.41) is 2.33. The van der Waals surface area contributed by atoms with Crippen molar-refractivity contribution in [3.8, 4) is 28.4 Å². The van der Waals surface area contributed by atoms with Crippen molar-refractivity contribution in [3.63, 3.8) is 0 Å². The van der Waals surface area contributed by atoms with Crippen molar-refractivity contribution in [2.75, 3.05) is 9.80 Å². The zero-order valence-electron chi connectivity index (χ0n) is 36.1. The molecule has 5 nitrogen and oxygen atoms in total. The summed E-state index contributed by atoms with van der Waals surface area (Å²) < 4.78 is 8.97. The van der Waals surface area contributed by atoms with Gasteiger partial charge in [0.15, 0.2) is 0 Å². The molecule has 0 saturated heterocycles. The molecule has 0 N–H and O–H groups in total. The largest absolute Gasteiger partial charge is 0.509 e. The third-order valence-electron chi connectivity index (χ3n) is 11.7. The topological polar surface area (TPSA) is 33.5 Å². The minimum absolute atomic E-state index is 0. The molecule has 3 heterocycles. The van der Waals surface area contributed by atoms with E-state index in [1.54, 1.807) is 0 Å². The van der Waals surface area contributed by atoms with Crippen LogP contribution in [-0.4, -0.2) is 9.55 Å². The van der Waals surface area contributed by atoms with Gasteiger partial charge in [-0.15, -0.1) is 48.3 Å². The van der Waals surface area contributed by atoms with Crippen molar-refractivity contribution in [1.29, 1.82) is 0 Å². The molecule has 8 aromatic rings. The molecule has 6 heteroatoms. The van der Waals surface area contributed by atoms with Crippen LogP contribution in [0.1, 0.15) is 77.6 Å². The average Bonchev–Trinajstić information content (AvgIpc) is 3.87. The van der Waals surface area contributed by atoms with E-state index in [9.17, 15) is 0 Å². The Morgan fingerprint density at radius 3 is 2.02 bits per heavy atom. The van der Waals surface area contributed by atoms with Gasteiger partial charge < -0.3 is 19.1 Å². The van der Waals surface area contributed by atoms with E-state index in [1.165, 1.54) is 38.8 Å². The first kappa shape index (κ1) is 41.8.